The van der Waals surface area contributed by atoms with Gasteiger partial charge in [0.25, 0.3) is 0 Å². The minimum absolute atomic E-state index is 0.192. The molecule has 0 spiro atoms. The summed E-state index contributed by atoms with van der Waals surface area (Å²) in [5.74, 6) is 0.385. The molecule has 0 heterocycles. The van der Waals surface area contributed by atoms with Gasteiger partial charge in [-0.25, -0.2) is 0 Å². The van der Waals surface area contributed by atoms with Gasteiger partial charge in [-0.15, -0.1) is 0 Å². The average molecular weight is 806 g/mol. The first-order valence-electron chi connectivity index (χ1n) is 18.7. The highest BCUT2D eigenvalue weighted by Gasteiger charge is 2.57. The Morgan fingerprint density at radius 3 is 1.56 bits per heavy atom. The van der Waals surface area contributed by atoms with Gasteiger partial charge >= 0.3 is 0 Å². The summed E-state index contributed by atoms with van der Waals surface area (Å²) in [4.78, 5) is 0. The van der Waals surface area contributed by atoms with E-state index in [4.69, 9.17) is 0 Å². The van der Waals surface area contributed by atoms with E-state index in [0.29, 0.717) is 5.54 Å². The van der Waals surface area contributed by atoms with Crippen molar-refractivity contribution in [1.29, 1.82) is 0 Å². The van der Waals surface area contributed by atoms with E-state index in [1.807, 2.05) is 0 Å². The number of fused-ring (bicyclic) bond motifs is 6. The highest BCUT2D eigenvalue weighted by molar-refractivity contribution is 9.10. The molecule has 0 saturated heterocycles. The predicted octanol–water partition coefficient (Wildman–Crippen LogP) is 12.8. The Morgan fingerprint density at radius 1 is 0.660 bits per heavy atom. The lowest BCUT2D eigenvalue weighted by Gasteiger charge is -2.54. The van der Waals surface area contributed by atoms with Crippen LogP contribution in [-0.4, -0.2) is 20.9 Å². The van der Waals surface area contributed by atoms with Crippen molar-refractivity contribution < 1.29 is 0 Å². The third-order valence-electron chi connectivity index (χ3n) is 12.3. The van der Waals surface area contributed by atoms with Gasteiger partial charge in [0, 0.05) is 47.5 Å². The Balaban J connectivity index is 1.41. The quantitative estimate of drug-likeness (QED) is 0.165. The second-order valence-electron chi connectivity index (χ2n) is 15.5. The first kappa shape index (κ1) is 34.2. The number of anilines is 2. The van der Waals surface area contributed by atoms with Crippen molar-refractivity contribution in [3.05, 3.63) is 137 Å². The zero-order valence-corrected chi connectivity index (χ0v) is 34.1. The van der Waals surface area contributed by atoms with E-state index in [0.717, 1.165) is 6.54 Å². The fourth-order valence-electron chi connectivity index (χ4n) is 10.3. The molecule has 3 atom stereocenters. The smallest absolute Gasteiger partial charge is 0.0604 e. The molecule has 0 aliphatic heterocycles. The van der Waals surface area contributed by atoms with Gasteiger partial charge in [-0.1, -0.05) is 105 Å². The molecule has 2 nitrogen and oxygen atoms in total. The van der Waals surface area contributed by atoms with Crippen LogP contribution in [0.15, 0.2) is 92.9 Å². The molecule has 4 aliphatic rings. The van der Waals surface area contributed by atoms with E-state index in [9.17, 15) is 0 Å². The standard InChI is InChI=1S/C45H49Br2N2Si/c1-28-23-36-32-19-11-13-21-34(32)40(46)25-38(36)43(28)45(49-31-17-9-6-10-18-31,42(50(3)4)27-48-30-15-7-5-8-16-30)44-29(2)24-37-33-20-12-14-22-35(33)41(47)26-39(37)44/h5-10,15-18,23-26,42-44,48-49H,11-14,19-22,27H2,1-4H3. The Bertz CT molecular complexity index is 1890. The van der Waals surface area contributed by atoms with Crippen LogP contribution in [0.2, 0.25) is 18.6 Å². The summed E-state index contributed by atoms with van der Waals surface area (Å²) in [6.07, 6.45) is 15.0. The molecule has 50 heavy (non-hydrogen) atoms. The Hall–Kier alpha value is -2.86. The number of halogens is 2. The molecule has 5 heteroatoms. The van der Waals surface area contributed by atoms with Gasteiger partial charge in [0.1, 0.15) is 0 Å². The van der Waals surface area contributed by atoms with Crippen molar-refractivity contribution in [3.63, 3.8) is 0 Å². The normalized spacial score (nSPS) is 20.9. The van der Waals surface area contributed by atoms with Gasteiger partial charge in [-0.05, 0) is 152 Å². The van der Waals surface area contributed by atoms with Crippen LogP contribution in [0.3, 0.4) is 0 Å². The minimum atomic E-state index is -0.897. The maximum Gasteiger partial charge on any atom is 0.0604 e. The summed E-state index contributed by atoms with van der Waals surface area (Å²) in [6.45, 7) is 10.9. The molecule has 3 unspecified atom stereocenters. The average Bonchev–Trinajstić information content (AvgIpc) is 3.64. The summed E-state index contributed by atoms with van der Waals surface area (Å²) in [7, 11) is -0.897. The van der Waals surface area contributed by atoms with Crippen molar-refractivity contribution in [2.75, 3.05) is 17.2 Å². The summed E-state index contributed by atoms with van der Waals surface area (Å²) < 4.78 is 2.61. The van der Waals surface area contributed by atoms with Gasteiger partial charge < -0.3 is 10.6 Å². The number of hydrogen-bond acceptors (Lipinski definition) is 2. The van der Waals surface area contributed by atoms with Crippen LogP contribution in [0.5, 0.6) is 0 Å². The number of benzene rings is 4. The fourth-order valence-corrected chi connectivity index (χ4v) is 13.5. The van der Waals surface area contributed by atoms with E-state index < -0.39 is 8.80 Å². The van der Waals surface area contributed by atoms with Crippen LogP contribution in [0.25, 0.3) is 12.2 Å². The fraction of sp³-hybridized carbons (Fsp3) is 0.378. The van der Waals surface area contributed by atoms with Gasteiger partial charge in [-0.2, -0.15) is 0 Å². The third-order valence-corrected chi connectivity index (χ3v) is 15.8. The molecule has 1 radical (unpaired) electrons. The van der Waals surface area contributed by atoms with Crippen molar-refractivity contribution in [1.82, 2.24) is 0 Å². The number of rotatable bonds is 9. The molecule has 4 aromatic carbocycles. The molecule has 2 N–H and O–H groups in total. The highest BCUT2D eigenvalue weighted by atomic mass is 79.9. The SMILES string of the molecule is CC1=Cc2c(cc(Br)c3c2CCCC3)C1C(Nc1ccccc1)(C1C(C)=Cc2c1cc(Br)c1c2CCCC1)C(CNc1ccccc1)[Si](C)C. The van der Waals surface area contributed by atoms with E-state index in [-0.39, 0.29) is 17.4 Å². The lowest BCUT2D eigenvalue weighted by Crippen LogP contribution is -2.57. The van der Waals surface area contributed by atoms with Gasteiger partial charge in [0.15, 0.2) is 0 Å². The van der Waals surface area contributed by atoms with Crippen molar-refractivity contribution >= 4 is 64.2 Å². The second-order valence-corrected chi connectivity index (χ2v) is 20.1. The van der Waals surface area contributed by atoms with Crippen molar-refractivity contribution in [2.45, 2.75) is 101 Å². The van der Waals surface area contributed by atoms with E-state index in [1.165, 1.54) is 116 Å². The summed E-state index contributed by atoms with van der Waals surface area (Å²) in [5, 5.41) is 8.50. The lowest BCUT2D eigenvalue weighted by molar-refractivity contribution is 0.346. The predicted molar refractivity (Wildman–Crippen MR) is 223 cm³/mol. The molecule has 257 valence electrons. The molecular formula is C45H49Br2N2Si. The number of nitrogens with one attached hydrogen (secondary N) is 2. The maximum atomic E-state index is 4.51. The zero-order valence-electron chi connectivity index (χ0n) is 29.9. The molecule has 0 saturated carbocycles. The lowest BCUT2D eigenvalue weighted by atomic mass is 9.63. The van der Waals surface area contributed by atoms with E-state index >= 15 is 0 Å². The molecule has 0 amide bonds. The van der Waals surface area contributed by atoms with Crippen LogP contribution < -0.4 is 10.6 Å². The van der Waals surface area contributed by atoms with Crippen LogP contribution in [-0.2, 0) is 25.7 Å². The molecule has 8 rings (SSSR count). The van der Waals surface area contributed by atoms with Gasteiger partial charge in [-0.3, -0.25) is 0 Å². The Labute approximate surface area is 318 Å². The van der Waals surface area contributed by atoms with Crippen molar-refractivity contribution in [2.24, 2.45) is 0 Å². The minimum Gasteiger partial charge on any atom is -0.385 e. The Morgan fingerprint density at radius 2 is 1.10 bits per heavy atom. The monoisotopic (exact) mass is 803 g/mol. The molecule has 0 bridgehead atoms. The summed E-state index contributed by atoms with van der Waals surface area (Å²) >= 11 is 8.30. The molecular weight excluding hydrogens is 756 g/mol. The second kappa shape index (κ2) is 13.9. The highest BCUT2D eigenvalue weighted by Crippen LogP contribution is 2.62. The Kier molecular flexibility index (Phi) is 9.54. The van der Waals surface area contributed by atoms with Crippen LogP contribution in [0, 0.1) is 0 Å². The van der Waals surface area contributed by atoms with Crippen LogP contribution in [0.4, 0.5) is 11.4 Å². The summed E-state index contributed by atoms with van der Waals surface area (Å²) in [6, 6.07) is 27.1. The molecule has 0 aromatic heterocycles. The molecule has 4 aromatic rings. The number of para-hydroxylation sites is 2. The first-order valence-corrected chi connectivity index (χ1v) is 22.9. The third kappa shape index (κ3) is 5.80. The van der Waals surface area contributed by atoms with Crippen LogP contribution in [0.1, 0.15) is 95.9 Å². The summed E-state index contributed by atoms with van der Waals surface area (Å²) in [5.41, 5.74) is 17.7. The van der Waals surface area contributed by atoms with Crippen LogP contribution >= 0.6 is 31.9 Å². The maximum absolute atomic E-state index is 4.51. The topological polar surface area (TPSA) is 24.1 Å². The molecule has 4 aliphatic carbocycles. The first-order chi connectivity index (χ1) is 24.3. The largest absolute Gasteiger partial charge is 0.385 e. The van der Waals surface area contributed by atoms with E-state index in [2.05, 4.69) is 154 Å². The van der Waals surface area contributed by atoms with E-state index in [1.54, 1.807) is 11.1 Å². The van der Waals surface area contributed by atoms with Gasteiger partial charge in [0.2, 0.25) is 0 Å². The van der Waals surface area contributed by atoms with Crippen molar-refractivity contribution in [3.8, 4) is 0 Å². The molecule has 0 fully saturated rings. The van der Waals surface area contributed by atoms with Gasteiger partial charge in [0.05, 0.1) is 5.54 Å². The zero-order chi connectivity index (χ0) is 34.6. The number of hydrogen-bond donors (Lipinski definition) is 2.